The average molecular weight is 408 g/mol. The highest BCUT2D eigenvalue weighted by atomic mass is 79.9. The van der Waals surface area contributed by atoms with Gasteiger partial charge in [-0.15, -0.1) is 12.4 Å². The van der Waals surface area contributed by atoms with E-state index in [9.17, 15) is 0 Å². The molecule has 3 rings (SSSR count). The van der Waals surface area contributed by atoms with Crippen molar-refractivity contribution in [1.29, 1.82) is 0 Å². The van der Waals surface area contributed by atoms with Crippen molar-refractivity contribution in [1.82, 2.24) is 0 Å². The Bertz CT molecular complexity index is 774. The van der Waals surface area contributed by atoms with Gasteiger partial charge in [0.25, 0.3) is 0 Å². The predicted molar refractivity (Wildman–Crippen MR) is 108 cm³/mol. The second-order valence-electron chi connectivity index (χ2n) is 5.43. The number of aliphatic imine (C=N–C) groups is 1. The Hall–Kier alpha value is -1.78. The molecular weight excluding hydrogens is 388 g/mol. The molecule has 1 heterocycles. The maximum Gasteiger partial charge on any atom is 0.133 e. The van der Waals surface area contributed by atoms with Crippen LogP contribution in [0.2, 0.25) is 0 Å². The molecule has 0 saturated heterocycles. The quantitative estimate of drug-likeness (QED) is 0.728. The van der Waals surface area contributed by atoms with E-state index < -0.39 is 0 Å². The molecule has 126 valence electrons. The molecule has 1 aliphatic heterocycles. The van der Waals surface area contributed by atoms with Gasteiger partial charge in [0, 0.05) is 24.8 Å². The molecule has 2 aromatic rings. The first-order valence-electron chi connectivity index (χ1n) is 7.55. The van der Waals surface area contributed by atoms with E-state index >= 15 is 0 Å². The van der Waals surface area contributed by atoms with E-state index in [0.29, 0.717) is 0 Å². The third kappa shape index (κ3) is 4.00. The molecule has 24 heavy (non-hydrogen) atoms. The van der Waals surface area contributed by atoms with Gasteiger partial charge in [0.1, 0.15) is 5.75 Å². The molecule has 0 spiro atoms. The van der Waals surface area contributed by atoms with Crippen molar-refractivity contribution in [3.63, 3.8) is 0 Å². The van der Waals surface area contributed by atoms with Crippen LogP contribution in [0.3, 0.4) is 0 Å². The topological polar surface area (TPSA) is 24.8 Å². The Morgan fingerprint density at radius 2 is 1.96 bits per heavy atom. The lowest BCUT2D eigenvalue weighted by Gasteiger charge is -2.18. The summed E-state index contributed by atoms with van der Waals surface area (Å²) in [6, 6.07) is 14.5. The molecule has 3 nitrogen and oxygen atoms in total. The predicted octanol–water partition coefficient (Wildman–Crippen LogP) is 4.83. The third-order valence-corrected chi connectivity index (χ3v) is 4.54. The zero-order valence-corrected chi connectivity index (χ0v) is 16.1. The number of rotatable bonds is 3. The van der Waals surface area contributed by atoms with Crippen LogP contribution in [0, 0.1) is 0 Å². The van der Waals surface area contributed by atoms with Crippen LogP contribution in [-0.2, 0) is 0 Å². The van der Waals surface area contributed by atoms with Crippen molar-refractivity contribution in [3.05, 3.63) is 64.1 Å². The van der Waals surface area contributed by atoms with Crippen LogP contribution in [0.25, 0.3) is 6.08 Å². The molecule has 0 atom stereocenters. The Morgan fingerprint density at radius 1 is 1.17 bits per heavy atom. The van der Waals surface area contributed by atoms with E-state index in [-0.39, 0.29) is 12.4 Å². The molecule has 0 saturated carbocycles. The van der Waals surface area contributed by atoms with Crippen molar-refractivity contribution >= 4 is 45.8 Å². The number of fused-ring (bicyclic) bond motifs is 1. The molecule has 0 unspecified atom stereocenters. The van der Waals surface area contributed by atoms with Gasteiger partial charge in [-0.3, -0.25) is 4.99 Å². The molecule has 0 bridgehead atoms. The number of allylic oxidation sites excluding steroid dienone is 1. The van der Waals surface area contributed by atoms with Gasteiger partial charge in [0.05, 0.1) is 23.8 Å². The van der Waals surface area contributed by atoms with Crippen LogP contribution in [0.15, 0.2) is 58.0 Å². The van der Waals surface area contributed by atoms with E-state index in [2.05, 4.69) is 64.3 Å². The van der Waals surface area contributed by atoms with Crippen molar-refractivity contribution in [2.45, 2.75) is 0 Å². The molecule has 1 aliphatic rings. The first-order valence-corrected chi connectivity index (χ1v) is 8.35. The van der Waals surface area contributed by atoms with E-state index in [1.165, 1.54) is 11.3 Å². The van der Waals surface area contributed by atoms with Gasteiger partial charge in [0.15, 0.2) is 0 Å². The lowest BCUT2D eigenvalue weighted by atomic mass is 10.1. The molecule has 0 aliphatic carbocycles. The normalized spacial score (nSPS) is 13.8. The standard InChI is InChI=1S/C19H19BrN2O.ClH/c1-22-12-11-21-17(15-5-3-4-6-18(15)22)9-7-14-8-10-19(23-2)16(20)13-14;/h3-10,13H,11-12H2,1-2H3;1H/b9-7+;. The number of benzene rings is 2. The summed E-state index contributed by atoms with van der Waals surface area (Å²) >= 11 is 3.52. The summed E-state index contributed by atoms with van der Waals surface area (Å²) in [4.78, 5) is 6.99. The van der Waals surface area contributed by atoms with Crippen molar-refractivity contribution in [2.24, 2.45) is 4.99 Å². The minimum absolute atomic E-state index is 0. The van der Waals surface area contributed by atoms with Crippen LogP contribution in [0.5, 0.6) is 5.75 Å². The summed E-state index contributed by atoms with van der Waals surface area (Å²) in [7, 11) is 3.78. The summed E-state index contributed by atoms with van der Waals surface area (Å²) in [5, 5.41) is 0. The van der Waals surface area contributed by atoms with Crippen molar-refractivity contribution in [3.8, 4) is 5.75 Å². The minimum atomic E-state index is 0. The number of para-hydroxylation sites is 1. The Balaban J connectivity index is 0.00000208. The van der Waals surface area contributed by atoms with Crippen molar-refractivity contribution < 1.29 is 4.74 Å². The van der Waals surface area contributed by atoms with Gasteiger partial charge >= 0.3 is 0 Å². The highest BCUT2D eigenvalue weighted by Crippen LogP contribution is 2.27. The second-order valence-corrected chi connectivity index (χ2v) is 6.29. The lowest BCUT2D eigenvalue weighted by molar-refractivity contribution is 0.412. The first kappa shape index (κ1) is 18.6. The average Bonchev–Trinajstić information content (AvgIpc) is 2.73. The third-order valence-electron chi connectivity index (χ3n) is 3.92. The summed E-state index contributed by atoms with van der Waals surface area (Å²) < 4.78 is 6.22. The van der Waals surface area contributed by atoms with Crippen LogP contribution < -0.4 is 9.64 Å². The summed E-state index contributed by atoms with van der Waals surface area (Å²) in [6.07, 6.45) is 4.18. The number of ether oxygens (including phenoxy) is 1. The van der Waals surface area contributed by atoms with Crippen LogP contribution in [0.4, 0.5) is 5.69 Å². The molecule has 2 aromatic carbocycles. The highest BCUT2D eigenvalue weighted by molar-refractivity contribution is 9.10. The van der Waals surface area contributed by atoms with Gasteiger partial charge in [-0.05, 0) is 45.8 Å². The van der Waals surface area contributed by atoms with Gasteiger partial charge in [-0.25, -0.2) is 0 Å². The van der Waals surface area contributed by atoms with Gasteiger partial charge in [-0.2, -0.15) is 0 Å². The van der Waals surface area contributed by atoms with Gasteiger partial charge in [-0.1, -0.05) is 30.3 Å². The van der Waals surface area contributed by atoms with Crippen LogP contribution in [-0.4, -0.2) is 33.0 Å². The monoisotopic (exact) mass is 406 g/mol. The van der Waals surface area contributed by atoms with E-state index in [0.717, 1.165) is 34.6 Å². The van der Waals surface area contributed by atoms with E-state index in [4.69, 9.17) is 9.73 Å². The number of hydrogen-bond acceptors (Lipinski definition) is 3. The Morgan fingerprint density at radius 3 is 2.71 bits per heavy atom. The number of methoxy groups -OCH3 is 1. The number of anilines is 1. The first-order chi connectivity index (χ1) is 11.2. The Labute approximate surface area is 157 Å². The number of likely N-dealkylation sites (N-methyl/N-ethyl adjacent to an activating group) is 1. The minimum Gasteiger partial charge on any atom is -0.496 e. The molecule has 0 fully saturated rings. The molecule has 0 amide bonds. The zero-order valence-electron chi connectivity index (χ0n) is 13.7. The molecule has 0 aromatic heterocycles. The zero-order chi connectivity index (χ0) is 16.2. The fraction of sp³-hybridized carbons (Fsp3) is 0.211. The van der Waals surface area contributed by atoms with E-state index in [1.54, 1.807) is 7.11 Å². The number of hydrogen-bond donors (Lipinski definition) is 0. The highest BCUT2D eigenvalue weighted by Gasteiger charge is 2.13. The molecule has 5 heteroatoms. The van der Waals surface area contributed by atoms with Crippen molar-refractivity contribution in [2.75, 3.05) is 32.1 Å². The Kier molecular flexibility index (Phi) is 6.46. The SMILES string of the molecule is COc1ccc(/C=C/C2=NCCN(C)c3ccccc32)cc1Br.Cl. The van der Waals surface area contributed by atoms with Crippen LogP contribution in [0.1, 0.15) is 11.1 Å². The van der Waals surface area contributed by atoms with Gasteiger partial charge < -0.3 is 9.64 Å². The smallest absolute Gasteiger partial charge is 0.133 e. The molecular formula is C19H20BrClN2O. The number of nitrogens with zero attached hydrogens (tertiary/aromatic N) is 2. The van der Waals surface area contributed by atoms with E-state index in [1.807, 2.05) is 18.2 Å². The largest absolute Gasteiger partial charge is 0.496 e. The maximum absolute atomic E-state index is 5.27. The summed E-state index contributed by atoms with van der Waals surface area (Å²) in [5.74, 6) is 0.834. The lowest BCUT2D eigenvalue weighted by Crippen LogP contribution is -2.20. The summed E-state index contributed by atoms with van der Waals surface area (Å²) in [5.41, 5.74) is 4.54. The second kappa shape index (κ2) is 8.36. The van der Waals surface area contributed by atoms with Gasteiger partial charge in [0.2, 0.25) is 0 Å². The summed E-state index contributed by atoms with van der Waals surface area (Å²) in [6.45, 7) is 1.74. The maximum atomic E-state index is 5.27. The molecule has 0 N–H and O–H groups in total. The number of benzodiazepines with no additional fused rings is 1. The van der Waals surface area contributed by atoms with Crippen LogP contribution >= 0.6 is 28.3 Å². The molecule has 0 radical (unpaired) electrons. The number of halogens is 2. The fourth-order valence-electron chi connectivity index (χ4n) is 2.65. The fourth-order valence-corrected chi connectivity index (χ4v) is 3.21.